The molecule has 112 valence electrons. The van der Waals surface area contributed by atoms with Crippen molar-refractivity contribution in [2.75, 3.05) is 6.54 Å². The van der Waals surface area contributed by atoms with Gasteiger partial charge in [0.15, 0.2) is 0 Å². The molecule has 4 heteroatoms. The van der Waals surface area contributed by atoms with Crippen LogP contribution in [0.2, 0.25) is 0 Å². The second kappa shape index (κ2) is 5.88. The molecule has 1 unspecified atom stereocenters. The van der Waals surface area contributed by atoms with Crippen LogP contribution in [0.3, 0.4) is 0 Å². The molecule has 1 aliphatic rings. The molecule has 2 aromatic rings. The number of pyridine rings is 1. The Kier molecular flexibility index (Phi) is 3.95. The van der Waals surface area contributed by atoms with E-state index in [0.29, 0.717) is 0 Å². The molecule has 1 N–H and O–H groups in total. The minimum Gasteiger partial charge on any atom is -0.356 e. The van der Waals surface area contributed by atoms with Gasteiger partial charge in [-0.25, -0.2) is 4.98 Å². The highest BCUT2D eigenvalue weighted by Crippen LogP contribution is 2.26. The Morgan fingerprint density at radius 3 is 3.14 bits per heavy atom. The molecule has 21 heavy (non-hydrogen) atoms. The molecular formula is C17H23N3O. The van der Waals surface area contributed by atoms with Crippen molar-refractivity contribution in [1.29, 1.82) is 0 Å². The highest BCUT2D eigenvalue weighted by molar-refractivity contribution is 5.79. The molecule has 3 rings (SSSR count). The third-order valence-corrected chi connectivity index (χ3v) is 4.32. The number of carbonyl (C=O) groups is 1. The number of rotatable bonds is 4. The van der Waals surface area contributed by atoms with Crippen LogP contribution in [0.1, 0.15) is 43.1 Å². The van der Waals surface area contributed by atoms with Gasteiger partial charge in [0.2, 0.25) is 5.91 Å². The normalized spacial score (nSPS) is 17.7. The third kappa shape index (κ3) is 2.80. The zero-order valence-electron chi connectivity index (χ0n) is 12.9. The van der Waals surface area contributed by atoms with Crippen LogP contribution >= 0.6 is 0 Å². The molecule has 4 nitrogen and oxygen atoms in total. The van der Waals surface area contributed by atoms with E-state index >= 15 is 0 Å². The summed E-state index contributed by atoms with van der Waals surface area (Å²) in [6.45, 7) is 5.02. The van der Waals surface area contributed by atoms with Gasteiger partial charge in [-0.2, -0.15) is 0 Å². The molecule has 1 atom stereocenters. The maximum Gasteiger partial charge on any atom is 0.223 e. The van der Waals surface area contributed by atoms with Crippen molar-refractivity contribution in [3.8, 4) is 0 Å². The fourth-order valence-electron chi connectivity index (χ4n) is 3.07. The number of hydrogen-bond donors (Lipinski definition) is 1. The standard InChI is InChI=1S/C17H23N3O/c1-3-4-9-18-17(21)13-6-7-14-15(10-13)20-11-12(2)5-8-16(20)19-14/h5,8,11,13H,3-4,6-7,9-10H2,1-2H3,(H,18,21). The predicted octanol–water partition coefficient (Wildman–Crippen LogP) is 2.66. The van der Waals surface area contributed by atoms with Crippen LogP contribution in [0.15, 0.2) is 18.3 Å². The average Bonchev–Trinajstić information content (AvgIpc) is 2.84. The molecule has 0 aliphatic heterocycles. The molecule has 0 spiro atoms. The second-order valence-electron chi connectivity index (χ2n) is 6.02. The molecule has 0 fully saturated rings. The van der Waals surface area contributed by atoms with Crippen LogP contribution < -0.4 is 5.32 Å². The van der Waals surface area contributed by atoms with Crippen LogP contribution in [-0.2, 0) is 17.6 Å². The fourth-order valence-corrected chi connectivity index (χ4v) is 3.07. The number of carbonyl (C=O) groups excluding carboxylic acids is 1. The third-order valence-electron chi connectivity index (χ3n) is 4.32. The van der Waals surface area contributed by atoms with E-state index in [0.717, 1.165) is 44.3 Å². The quantitative estimate of drug-likeness (QED) is 0.878. The monoisotopic (exact) mass is 285 g/mol. The van der Waals surface area contributed by atoms with Gasteiger partial charge in [-0.15, -0.1) is 0 Å². The molecule has 0 saturated carbocycles. The van der Waals surface area contributed by atoms with Crippen molar-refractivity contribution in [2.45, 2.75) is 46.0 Å². The summed E-state index contributed by atoms with van der Waals surface area (Å²) in [5.41, 5.74) is 4.60. The second-order valence-corrected chi connectivity index (χ2v) is 6.02. The Hall–Kier alpha value is -1.84. The number of nitrogens with one attached hydrogen (secondary N) is 1. The first-order chi connectivity index (χ1) is 10.2. The molecule has 0 bridgehead atoms. The number of aromatic nitrogens is 2. The van der Waals surface area contributed by atoms with Crippen LogP contribution in [0.25, 0.3) is 5.65 Å². The van der Waals surface area contributed by atoms with Gasteiger partial charge in [-0.3, -0.25) is 4.79 Å². The number of nitrogens with zero attached hydrogens (tertiary/aromatic N) is 2. The lowest BCUT2D eigenvalue weighted by Crippen LogP contribution is -2.34. The molecule has 1 amide bonds. The fraction of sp³-hybridized carbons (Fsp3) is 0.529. The zero-order chi connectivity index (χ0) is 14.8. The number of hydrogen-bond acceptors (Lipinski definition) is 2. The van der Waals surface area contributed by atoms with Gasteiger partial charge in [0, 0.05) is 30.8 Å². The lowest BCUT2D eigenvalue weighted by molar-refractivity contribution is -0.125. The van der Waals surface area contributed by atoms with Crippen molar-refractivity contribution in [1.82, 2.24) is 14.7 Å². The number of aryl methyl sites for hydroxylation is 2. The van der Waals surface area contributed by atoms with E-state index < -0.39 is 0 Å². The van der Waals surface area contributed by atoms with Crippen molar-refractivity contribution in [3.63, 3.8) is 0 Å². The van der Waals surface area contributed by atoms with Gasteiger partial charge >= 0.3 is 0 Å². The smallest absolute Gasteiger partial charge is 0.223 e. The number of amides is 1. The number of fused-ring (bicyclic) bond motifs is 3. The highest BCUT2D eigenvalue weighted by atomic mass is 16.1. The minimum absolute atomic E-state index is 0.0924. The van der Waals surface area contributed by atoms with E-state index in [4.69, 9.17) is 4.98 Å². The largest absolute Gasteiger partial charge is 0.356 e. The summed E-state index contributed by atoms with van der Waals surface area (Å²) in [4.78, 5) is 17.0. The Labute approximate surface area is 125 Å². The molecular weight excluding hydrogens is 262 g/mol. The summed E-state index contributed by atoms with van der Waals surface area (Å²) in [6, 6.07) is 4.15. The van der Waals surface area contributed by atoms with Crippen molar-refractivity contribution < 1.29 is 4.79 Å². The maximum atomic E-state index is 12.3. The maximum absolute atomic E-state index is 12.3. The molecule has 2 heterocycles. The van der Waals surface area contributed by atoms with Crippen molar-refractivity contribution in [3.05, 3.63) is 35.3 Å². The van der Waals surface area contributed by atoms with Gasteiger partial charge in [0.05, 0.1) is 5.69 Å². The molecule has 2 aromatic heterocycles. The summed E-state index contributed by atoms with van der Waals surface area (Å²) < 4.78 is 2.16. The molecule has 0 radical (unpaired) electrons. The predicted molar refractivity (Wildman–Crippen MR) is 83.4 cm³/mol. The average molecular weight is 285 g/mol. The Bertz CT molecular complexity index is 659. The van der Waals surface area contributed by atoms with Gasteiger partial charge in [-0.1, -0.05) is 19.4 Å². The van der Waals surface area contributed by atoms with Gasteiger partial charge in [0.1, 0.15) is 5.65 Å². The molecule has 0 aromatic carbocycles. The summed E-state index contributed by atoms with van der Waals surface area (Å²) in [6.07, 6.45) is 6.91. The highest BCUT2D eigenvalue weighted by Gasteiger charge is 2.27. The summed E-state index contributed by atoms with van der Waals surface area (Å²) in [7, 11) is 0. The van der Waals surface area contributed by atoms with Crippen molar-refractivity contribution in [2.24, 2.45) is 5.92 Å². The van der Waals surface area contributed by atoms with E-state index in [2.05, 4.69) is 41.9 Å². The van der Waals surface area contributed by atoms with E-state index in [9.17, 15) is 4.79 Å². The van der Waals surface area contributed by atoms with Crippen molar-refractivity contribution >= 4 is 11.6 Å². The first-order valence-electron chi connectivity index (χ1n) is 7.93. The summed E-state index contributed by atoms with van der Waals surface area (Å²) in [5, 5.41) is 3.07. The number of imidazole rings is 1. The van der Waals surface area contributed by atoms with Crippen LogP contribution in [0, 0.1) is 12.8 Å². The first kappa shape index (κ1) is 14.1. The van der Waals surface area contributed by atoms with Gasteiger partial charge in [-0.05, 0) is 37.8 Å². The lowest BCUT2D eigenvalue weighted by atomic mass is 9.89. The SMILES string of the molecule is CCCCNC(=O)C1CCc2nc3ccc(C)cn3c2C1. The van der Waals surface area contributed by atoms with E-state index in [1.165, 1.54) is 17.0 Å². The minimum atomic E-state index is 0.0924. The van der Waals surface area contributed by atoms with E-state index in [-0.39, 0.29) is 11.8 Å². The lowest BCUT2D eigenvalue weighted by Gasteiger charge is -2.21. The van der Waals surface area contributed by atoms with Crippen LogP contribution in [0.5, 0.6) is 0 Å². The Morgan fingerprint density at radius 1 is 1.48 bits per heavy atom. The van der Waals surface area contributed by atoms with Crippen LogP contribution in [-0.4, -0.2) is 21.8 Å². The first-order valence-corrected chi connectivity index (χ1v) is 7.93. The molecule has 0 saturated heterocycles. The molecule has 1 aliphatic carbocycles. The van der Waals surface area contributed by atoms with E-state index in [1.54, 1.807) is 0 Å². The topological polar surface area (TPSA) is 46.4 Å². The van der Waals surface area contributed by atoms with Gasteiger partial charge < -0.3 is 9.72 Å². The van der Waals surface area contributed by atoms with E-state index in [1.807, 2.05) is 0 Å². The summed E-state index contributed by atoms with van der Waals surface area (Å²) in [5.74, 6) is 0.298. The Morgan fingerprint density at radius 2 is 2.33 bits per heavy atom. The van der Waals surface area contributed by atoms with Gasteiger partial charge in [0.25, 0.3) is 0 Å². The number of unbranched alkanes of at least 4 members (excludes halogenated alkanes) is 1. The van der Waals surface area contributed by atoms with Crippen LogP contribution in [0.4, 0.5) is 0 Å². The Balaban J connectivity index is 1.79. The zero-order valence-corrected chi connectivity index (χ0v) is 12.9. The summed E-state index contributed by atoms with van der Waals surface area (Å²) >= 11 is 0.